The van der Waals surface area contributed by atoms with Gasteiger partial charge in [0.05, 0.1) is 5.69 Å². The molecule has 118 valence electrons. The van der Waals surface area contributed by atoms with Crippen LogP contribution in [0.5, 0.6) is 0 Å². The standard InChI is InChI=1S/C15H26N4OS/c1-15(2,3)9-11-7-13(19(4)18-11)17-14(20)8-12-10-21-6-5-16-12/h7,12,16H,5-6,8-10H2,1-4H3,(H,17,20). The van der Waals surface area contributed by atoms with E-state index in [0.717, 1.165) is 36.0 Å². The van der Waals surface area contributed by atoms with Gasteiger partial charge in [0.2, 0.25) is 5.91 Å². The number of thioether (sulfide) groups is 1. The highest BCUT2D eigenvalue weighted by Crippen LogP contribution is 2.21. The Kier molecular flexibility index (Phi) is 5.32. The number of nitrogens with zero attached hydrogens (tertiary/aromatic N) is 2. The number of nitrogens with one attached hydrogen (secondary N) is 2. The lowest BCUT2D eigenvalue weighted by Gasteiger charge is -2.22. The average Bonchev–Trinajstić information content (AvgIpc) is 2.68. The number of hydrogen-bond acceptors (Lipinski definition) is 4. The molecule has 0 saturated carbocycles. The molecular formula is C15H26N4OS. The Balaban J connectivity index is 1.91. The molecule has 0 aliphatic carbocycles. The Hall–Kier alpha value is -1.01. The van der Waals surface area contributed by atoms with Crippen molar-refractivity contribution in [2.24, 2.45) is 12.5 Å². The summed E-state index contributed by atoms with van der Waals surface area (Å²) in [6, 6.07) is 2.26. The van der Waals surface area contributed by atoms with Gasteiger partial charge in [-0.3, -0.25) is 9.48 Å². The maximum atomic E-state index is 12.1. The molecule has 6 heteroatoms. The van der Waals surface area contributed by atoms with E-state index in [1.54, 1.807) is 4.68 Å². The van der Waals surface area contributed by atoms with Crippen molar-refractivity contribution in [2.75, 3.05) is 23.4 Å². The monoisotopic (exact) mass is 310 g/mol. The summed E-state index contributed by atoms with van der Waals surface area (Å²) in [6.45, 7) is 7.55. The van der Waals surface area contributed by atoms with Crippen molar-refractivity contribution in [3.05, 3.63) is 11.8 Å². The summed E-state index contributed by atoms with van der Waals surface area (Å²) in [7, 11) is 1.87. The molecule has 1 aliphatic rings. The van der Waals surface area contributed by atoms with Gasteiger partial charge in [-0.15, -0.1) is 0 Å². The third kappa shape index (κ3) is 5.36. The quantitative estimate of drug-likeness (QED) is 0.893. The van der Waals surface area contributed by atoms with Crippen LogP contribution in [0.15, 0.2) is 6.07 Å². The Morgan fingerprint density at radius 1 is 1.57 bits per heavy atom. The smallest absolute Gasteiger partial charge is 0.227 e. The van der Waals surface area contributed by atoms with Crippen molar-refractivity contribution in [1.82, 2.24) is 15.1 Å². The molecule has 1 amide bonds. The second kappa shape index (κ2) is 6.83. The molecule has 1 unspecified atom stereocenters. The number of aryl methyl sites for hydroxylation is 1. The molecule has 5 nitrogen and oxygen atoms in total. The van der Waals surface area contributed by atoms with Gasteiger partial charge < -0.3 is 10.6 Å². The topological polar surface area (TPSA) is 59.0 Å². The van der Waals surface area contributed by atoms with Crippen LogP contribution in [0, 0.1) is 5.41 Å². The van der Waals surface area contributed by atoms with Gasteiger partial charge in [0.1, 0.15) is 5.82 Å². The number of carbonyl (C=O) groups is 1. The van der Waals surface area contributed by atoms with Crippen molar-refractivity contribution in [2.45, 2.75) is 39.7 Å². The van der Waals surface area contributed by atoms with Crippen LogP contribution in [-0.4, -0.2) is 39.8 Å². The lowest BCUT2D eigenvalue weighted by Crippen LogP contribution is -2.40. The van der Waals surface area contributed by atoms with Gasteiger partial charge in [-0.2, -0.15) is 16.9 Å². The van der Waals surface area contributed by atoms with Crippen molar-refractivity contribution in [3.63, 3.8) is 0 Å². The third-order valence-electron chi connectivity index (χ3n) is 3.34. The van der Waals surface area contributed by atoms with Crippen LogP contribution >= 0.6 is 11.8 Å². The maximum Gasteiger partial charge on any atom is 0.227 e. The van der Waals surface area contributed by atoms with Crippen LogP contribution in [0.4, 0.5) is 5.82 Å². The van der Waals surface area contributed by atoms with Crippen LogP contribution in [0.1, 0.15) is 32.9 Å². The zero-order chi connectivity index (χ0) is 15.5. The van der Waals surface area contributed by atoms with Crippen LogP contribution in [-0.2, 0) is 18.3 Å². The summed E-state index contributed by atoms with van der Waals surface area (Å²) < 4.78 is 1.75. The normalized spacial score (nSPS) is 19.5. The molecule has 1 fully saturated rings. The van der Waals surface area contributed by atoms with Crippen LogP contribution < -0.4 is 10.6 Å². The van der Waals surface area contributed by atoms with E-state index in [4.69, 9.17) is 0 Å². The minimum atomic E-state index is 0.0558. The number of carbonyl (C=O) groups excluding carboxylic acids is 1. The first-order valence-corrected chi connectivity index (χ1v) is 8.63. The Morgan fingerprint density at radius 3 is 2.95 bits per heavy atom. The van der Waals surface area contributed by atoms with Gasteiger partial charge in [-0.25, -0.2) is 0 Å². The summed E-state index contributed by atoms with van der Waals surface area (Å²) in [4.78, 5) is 12.1. The van der Waals surface area contributed by atoms with Crippen molar-refractivity contribution >= 4 is 23.5 Å². The third-order valence-corrected chi connectivity index (χ3v) is 4.47. The van der Waals surface area contributed by atoms with E-state index in [-0.39, 0.29) is 17.4 Å². The SMILES string of the molecule is Cn1nc(CC(C)(C)C)cc1NC(=O)CC1CSCCN1. The van der Waals surface area contributed by atoms with E-state index < -0.39 is 0 Å². The fourth-order valence-electron chi connectivity index (χ4n) is 2.44. The minimum absolute atomic E-state index is 0.0558. The van der Waals surface area contributed by atoms with E-state index in [1.807, 2.05) is 24.9 Å². The number of amides is 1. The molecule has 1 aliphatic heterocycles. The second-order valence-corrected chi connectivity index (χ2v) is 8.01. The van der Waals surface area contributed by atoms with Gasteiger partial charge in [0.15, 0.2) is 0 Å². The average molecular weight is 310 g/mol. The Morgan fingerprint density at radius 2 is 2.33 bits per heavy atom. The molecular weight excluding hydrogens is 284 g/mol. The molecule has 2 heterocycles. The van der Waals surface area contributed by atoms with Gasteiger partial charge in [0.25, 0.3) is 0 Å². The molecule has 21 heavy (non-hydrogen) atoms. The molecule has 1 atom stereocenters. The summed E-state index contributed by atoms with van der Waals surface area (Å²) in [6.07, 6.45) is 1.42. The summed E-state index contributed by atoms with van der Waals surface area (Å²) >= 11 is 1.90. The second-order valence-electron chi connectivity index (χ2n) is 6.86. The van der Waals surface area contributed by atoms with E-state index in [2.05, 4.69) is 36.5 Å². The Bertz CT molecular complexity index is 486. The predicted octanol–water partition coefficient (Wildman–Crippen LogP) is 2.04. The first-order chi connectivity index (χ1) is 9.83. The van der Waals surface area contributed by atoms with Crippen LogP contribution in [0.25, 0.3) is 0 Å². The lowest BCUT2D eigenvalue weighted by molar-refractivity contribution is -0.116. The van der Waals surface area contributed by atoms with Gasteiger partial charge in [0, 0.05) is 43.6 Å². The van der Waals surface area contributed by atoms with E-state index in [9.17, 15) is 4.79 Å². The van der Waals surface area contributed by atoms with E-state index in [1.165, 1.54) is 0 Å². The number of hydrogen-bond donors (Lipinski definition) is 2. The van der Waals surface area contributed by atoms with Crippen molar-refractivity contribution in [1.29, 1.82) is 0 Å². The molecule has 1 aromatic rings. The molecule has 1 aromatic heterocycles. The summed E-state index contributed by atoms with van der Waals surface area (Å²) in [5, 5.41) is 10.8. The molecule has 2 N–H and O–H groups in total. The minimum Gasteiger partial charge on any atom is -0.312 e. The number of aromatic nitrogens is 2. The zero-order valence-electron chi connectivity index (χ0n) is 13.4. The predicted molar refractivity (Wildman–Crippen MR) is 88.7 cm³/mol. The zero-order valence-corrected chi connectivity index (χ0v) is 14.2. The maximum absolute atomic E-state index is 12.1. The van der Waals surface area contributed by atoms with Crippen molar-refractivity contribution in [3.8, 4) is 0 Å². The lowest BCUT2D eigenvalue weighted by atomic mass is 9.91. The fourth-order valence-corrected chi connectivity index (χ4v) is 3.39. The van der Waals surface area contributed by atoms with E-state index in [0.29, 0.717) is 6.42 Å². The highest BCUT2D eigenvalue weighted by Gasteiger charge is 2.19. The first kappa shape index (κ1) is 16.4. The summed E-state index contributed by atoms with van der Waals surface area (Å²) in [5.74, 6) is 2.98. The number of anilines is 1. The van der Waals surface area contributed by atoms with Gasteiger partial charge >= 0.3 is 0 Å². The summed E-state index contributed by atoms with van der Waals surface area (Å²) in [5.41, 5.74) is 1.21. The van der Waals surface area contributed by atoms with Crippen LogP contribution in [0.2, 0.25) is 0 Å². The molecule has 0 aromatic carbocycles. The molecule has 1 saturated heterocycles. The van der Waals surface area contributed by atoms with Gasteiger partial charge in [-0.1, -0.05) is 20.8 Å². The molecule has 2 rings (SSSR count). The molecule has 0 spiro atoms. The van der Waals surface area contributed by atoms with Crippen molar-refractivity contribution < 1.29 is 4.79 Å². The highest BCUT2D eigenvalue weighted by atomic mass is 32.2. The van der Waals surface area contributed by atoms with E-state index >= 15 is 0 Å². The fraction of sp³-hybridized carbons (Fsp3) is 0.733. The van der Waals surface area contributed by atoms with Gasteiger partial charge in [-0.05, 0) is 11.8 Å². The first-order valence-electron chi connectivity index (χ1n) is 7.47. The molecule has 0 radical (unpaired) electrons. The number of rotatable bonds is 4. The van der Waals surface area contributed by atoms with Crippen LogP contribution in [0.3, 0.4) is 0 Å². The highest BCUT2D eigenvalue weighted by molar-refractivity contribution is 7.99. The molecule has 0 bridgehead atoms. The Labute approximate surface area is 131 Å². The largest absolute Gasteiger partial charge is 0.312 e.